The van der Waals surface area contributed by atoms with E-state index in [1.165, 1.54) is 0 Å². The highest BCUT2D eigenvalue weighted by Gasteiger charge is 2.18. The number of rotatable bonds is 4. The third-order valence-corrected chi connectivity index (χ3v) is 2.89. The molecule has 2 aromatic rings. The minimum atomic E-state index is -0.0718. The van der Waals surface area contributed by atoms with Crippen LogP contribution in [-0.2, 0) is 6.54 Å². The Morgan fingerprint density at radius 3 is 2.83 bits per heavy atom. The number of hydrogen-bond acceptors (Lipinski definition) is 3. The molecule has 0 fully saturated rings. The number of hydrogen-bond donors (Lipinski definition) is 0. The van der Waals surface area contributed by atoms with E-state index >= 15 is 0 Å². The SMILES string of the molecule is CCN(C)C(=O)c1cc(-c2ccco2)n(CC)n1. The molecule has 5 nitrogen and oxygen atoms in total. The number of amides is 1. The molecule has 0 radical (unpaired) electrons. The lowest BCUT2D eigenvalue weighted by Gasteiger charge is -2.11. The van der Waals surface area contributed by atoms with Gasteiger partial charge in [-0.1, -0.05) is 0 Å². The molecule has 96 valence electrons. The van der Waals surface area contributed by atoms with Gasteiger partial charge in [0, 0.05) is 26.2 Å². The maximum absolute atomic E-state index is 12.0. The van der Waals surface area contributed by atoms with E-state index < -0.39 is 0 Å². The molecule has 2 heterocycles. The van der Waals surface area contributed by atoms with E-state index in [1.807, 2.05) is 26.0 Å². The van der Waals surface area contributed by atoms with Crippen molar-refractivity contribution < 1.29 is 9.21 Å². The van der Waals surface area contributed by atoms with Gasteiger partial charge in [-0.25, -0.2) is 0 Å². The second-order valence-corrected chi connectivity index (χ2v) is 4.03. The first-order valence-corrected chi connectivity index (χ1v) is 6.04. The van der Waals surface area contributed by atoms with Crippen LogP contribution in [0, 0.1) is 0 Å². The minimum Gasteiger partial charge on any atom is -0.463 e. The number of aryl methyl sites for hydroxylation is 1. The van der Waals surface area contributed by atoms with Gasteiger partial charge in [0.05, 0.1) is 6.26 Å². The molecule has 0 atom stereocenters. The fraction of sp³-hybridized carbons (Fsp3) is 0.385. The summed E-state index contributed by atoms with van der Waals surface area (Å²) in [6.45, 7) is 5.27. The van der Waals surface area contributed by atoms with E-state index in [0.29, 0.717) is 18.8 Å². The second-order valence-electron chi connectivity index (χ2n) is 4.03. The number of aromatic nitrogens is 2. The van der Waals surface area contributed by atoms with Crippen LogP contribution in [0.3, 0.4) is 0 Å². The maximum atomic E-state index is 12.0. The highest BCUT2D eigenvalue weighted by molar-refractivity contribution is 5.93. The van der Waals surface area contributed by atoms with Crippen molar-refractivity contribution in [1.82, 2.24) is 14.7 Å². The molecule has 0 N–H and O–H groups in total. The highest BCUT2D eigenvalue weighted by Crippen LogP contribution is 2.21. The molecule has 0 aliphatic heterocycles. The Kier molecular flexibility index (Phi) is 3.50. The third-order valence-electron chi connectivity index (χ3n) is 2.89. The quantitative estimate of drug-likeness (QED) is 0.832. The summed E-state index contributed by atoms with van der Waals surface area (Å²) in [5.74, 6) is 0.653. The molecule has 18 heavy (non-hydrogen) atoms. The highest BCUT2D eigenvalue weighted by atomic mass is 16.3. The molecule has 0 saturated carbocycles. The minimum absolute atomic E-state index is 0.0718. The van der Waals surface area contributed by atoms with Gasteiger partial charge in [-0.2, -0.15) is 5.10 Å². The number of nitrogens with zero attached hydrogens (tertiary/aromatic N) is 3. The molecule has 0 aliphatic rings. The molecule has 0 saturated heterocycles. The zero-order valence-electron chi connectivity index (χ0n) is 10.9. The zero-order valence-corrected chi connectivity index (χ0v) is 10.9. The summed E-state index contributed by atoms with van der Waals surface area (Å²) in [6.07, 6.45) is 1.61. The van der Waals surface area contributed by atoms with Gasteiger partial charge in [0.25, 0.3) is 5.91 Å². The monoisotopic (exact) mass is 247 g/mol. The van der Waals surface area contributed by atoms with Crippen molar-refractivity contribution in [2.24, 2.45) is 0 Å². The Morgan fingerprint density at radius 1 is 1.50 bits per heavy atom. The van der Waals surface area contributed by atoms with E-state index in [2.05, 4.69) is 5.10 Å². The van der Waals surface area contributed by atoms with Crippen LogP contribution in [0.15, 0.2) is 28.9 Å². The summed E-state index contributed by atoms with van der Waals surface area (Å²) in [5, 5.41) is 4.32. The lowest BCUT2D eigenvalue weighted by atomic mass is 10.3. The van der Waals surface area contributed by atoms with E-state index in [-0.39, 0.29) is 5.91 Å². The van der Waals surface area contributed by atoms with Gasteiger partial charge in [-0.05, 0) is 26.0 Å². The van der Waals surface area contributed by atoms with Gasteiger partial charge in [0.1, 0.15) is 5.69 Å². The second kappa shape index (κ2) is 5.08. The molecule has 0 unspecified atom stereocenters. The summed E-state index contributed by atoms with van der Waals surface area (Å²) >= 11 is 0. The Balaban J connectivity index is 2.38. The van der Waals surface area contributed by atoms with E-state index in [1.54, 1.807) is 29.0 Å². The Bertz CT molecular complexity index is 528. The first kappa shape index (κ1) is 12.4. The van der Waals surface area contributed by atoms with Crippen molar-refractivity contribution in [3.8, 4) is 11.5 Å². The number of carbonyl (C=O) groups is 1. The standard InChI is InChI=1S/C13H17N3O2/c1-4-15(3)13(17)10-9-11(16(5-2)14-10)12-7-6-8-18-12/h6-9H,4-5H2,1-3H3. The summed E-state index contributed by atoms with van der Waals surface area (Å²) in [7, 11) is 1.76. The summed E-state index contributed by atoms with van der Waals surface area (Å²) in [6, 6.07) is 5.46. The maximum Gasteiger partial charge on any atom is 0.274 e. The van der Waals surface area contributed by atoms with Crippen molar-refractivity contribution in [3.63, 3.8) is 0 Å². The average molecular weight is 247 g/mol. The Labute approximate surface area is 106 Å². The predicted octanol–water partition coefficient (Wildman–Crippen LogP) is 2.25. The summed E-state index contributed by atoms with van der Waals surface area (Å²) in [5.41, 5.74) is 1.28. The lowest BCUT2D eigenvalue weighted by Crippen LogP contribution is -2.26. The van der Waals surface area contributed by atoms with Crippen molar-refractivity contribution in [2.75, 3.05) is 13.6 Å². The molecule has 2 aromatic heterocycles. The number of furan rings is 1. The molecule has 1 amide bonds. The first-order valence-electron chi connectivity index (χ1n) is 6.04. The van der Waals surface area contributed by atoms with Crippen LogP contribution in [0.1, 0.15) is 24.3 Å². The van der Waals surface area contributed by atoms with Crippen LogP contribution in [-0.4, -0.2) is 34.2 Å². The van der Waals surface area contributed by atoms with Gasteiger partial charge in [-0.3, -0.25) is 9.48 Å². The van der Waals surface area contributed by atoms with E-state index in [0.717, 1.165) is 11.5 Å². The largest absolute Gasteiger partial charge is 0.463 e. The van der Waals surface area contributed by atoms with Gasteiger partial charge in [0.2, 0.25) is 0 Å². The van der Waals surface area contributed by atoms with Crippen molar-refractivity contribution in [1.29, 1.82) is 0 Å². The first-order chi connectivity index (χ1) is 8.67. The predicted molar refractivity (Wildman–Crippen MR) is 68.2 cm³/mol. The average Bonchev–Trinajstić information content (AvgIpc) is 3.04. The molecule has 0 spiro atoms. The molecular weight excluding hydrogens is 230 g/mol. The molecule has 2 rings (SSSR count). The van der Waals surface area contributed by atoms with Gasteiger partial charge < -0.3 is 9.32 Å². The molecule has 0 aromatic carbocycles. The van der Waals surface area contributed by atoms with Gasteiger partial charge in [0.15, 0.2) is 11.5 Å². The van der Waals surface area contributed by atoms with Crippen LogP contribution in [0.25, 0.3) is 11.5 Å². The van der Waals surface area contributed by atoms with Crippen LogP contribution < -0.4 is 0 Å². The van der Waals surface area contributed by atoms with Gasteiger partial charge in [-0.15, -0.1) is 0 Å². The smallest absolute Gasteiger partial charge is 0.274 e. The van der Waals surface area contributed by atoms with Crippen LogP contribution >= 0.6 is 0 Å². The fourth-order valence-corrected chi connectivity index (χ4v) is 1.72. The summed E-state index contributed by atoms with van der Waals surface area (Å²) < 4.78 is 7.13. The Hall–Kier alpha value is -2.04. The van der Waals surface area contributed by atoms with Crippen molar-refractivity contribution in [3.05, 3.63) is 30.2 Å². The van der Waals surface area contributed by atoms with Crippen molar-refractivity contribution >= 4 is 5.91 Å². The van der Waals surface area contributed by atoms with E-state index in [4.69, 9.17) is 4.42 Å². The topological polar surface area (TPSA) is 51.3 Å². The third kappa shape index (κ3) is 2.16. The van der Waals surface area contributed by atoms with Gasteiger partial charge >= 0.3 is 0 Å². The summed E-state index contributed by atoms with van der Waals surface area (Å²) in [4.78, 5) is 13.7. The van der Waals surface area contributed by atoms with Crippen LogP contribution in [0.4, 0.5) is 0 Å². The van der Waals surface area contributed by atoms with Crippen molar-refractivity contribution in [2.45, 2.75) is 20.4 Å². The number of carbonyl (C=O) groups excluding carboxylic acids is 1. The zero-order chi connectivity index (χ0) is 13.1. The molecular formula is C13H17N3O2. The molecule has 0 bridgehead atoms. The Morgan fingerprint density at radius 2 is 2.28 bits per heavy atom. The fourth-order valence-electron chi connectivity index (χ4n) is 1.72. The van der Waals surface area contributed by atoms with E-state index in [9.17, 15) is 4.79 Å². The van der Waals surface area contributed by atoms with Crippen LogP contribution in [0.5, 0.6) is 0 Å². The van der Waals surface area contributed by atoms with Crippen LogP contribution in [0.2, 0.25) is 0 Å². The molecule has 5 heteroatoms. The molecule has 0 aliphatic carbocycles. The normalized spacial score (nSPS) is 10.6. The lowest BCUT2D eigenvalue weighted by molar-refractivity contribution is 0.0796.